The lowest BCUT2D eigenvalue weighted by molar-refractivity contribution is -0.149. The van der Waals surface area contributed by atoms with Gasteiger partial charge in [0.2, 0.25) is 5.67 Å². The summed E-state index contributed by atoms with van der Waals surface area (Å²) >= 11 is 0. The lowest BCUT2D eigenvalue weighted by atomic mass is 9.94. The predicted molar refractivity (Wildman–Crippen MR) is 72.7 cm³/mol. The van der Waals surface area contributed by atoms with E-state index in [2.05, 4.69) is 0 Å². The Labute approximate surface area is 125 Å². The van der Waals surface area contributed by atoms with E-state index in [0.717, 1.165) is 4.90 Å². The van der Waals surface area contributed by atoms with Gasteiger partial charge in [-0.05, 0) is 13.3 Å². The van der Waals surface area contributed by atoms with Crippen molar-refractivity contribution in [2.45, 2.75) is 38.3 Å². The molecule has 1 aliphatic heterocycles. The van der Waals surface area contributed by atoms with Gasteiger partial charge in [0, 0.05) is 31.4 Å². The van der Waals surface area contributed by atoms with Crippen molar-refractivity contribution < 1.29 is 28.3 Å². The number of halogens is 1. The molecule has 0 bridgehead atoms. The number of carbonyl (C=O) groups is 3. The van der Waals surface area contributed by atoms with Crippen LogP contribution in [0.5, 0.6) is 0 Å². The van der Waals surface area contributed by atoms with Crippen LogP contribution in [0.15, 0.2) is 4.42 Å². The molecule has 22 heavy (non-hydrogen) atoms. The zero-order chi connectivity index (χ0) is 16.1. The van der Waals surface area contributed by atoms with E-state index >= 15 is 0 Å². The Balaban J connectivity index is 1.88. The molecule has 1 atom stereocenters. The van der Waals surface area contributed by atoms with Crippen molar-refractivity contribution in [1.82, 2.24) is 4.90 Å². The van der Waals surface area contributed by atoms with Gasteiger partial charge in [-0.1, -0.05) is 0 Å². The highest BCUT2D eigenvalue weighted by Crippen LogP contribution is 2.32. The van der Waals surface area contributed by atoms with E-state index in [0.29, 0.717) is 36.1 Å². The topological polar surface area (TPSA) is 87.8 Å². The summed E-state index contributed by atoms with van der Waals surface area (Å²) in [4.78, 5) is 36.4. The normalized spacial score (nSPS) is 24.5. The fourth-order valence-electron chi connectivity index (χ4n) is 3.12. The molecule has 0 spiro atoms. The monoisotopic (exact) mass is 309 g/mol. The number of likely N-dealkylation sites (tertiary alicyclic amines) is 1. The van der Waals surface area contributed by atoms with Gasteiger partial charge in [0.15, 0.2) is 11.5 Å². The molecular formula is C15H16FNO5. The third-order valence-electron chi connectivity index (χ3n) is 4.39. The maximum Gasteiger partial charge on any atom is 0.343 e. The zero-order valence-electron chi connectivity index (χ0n) is 12.1. The quantitative estimate of drug-likeness (QED) is 0.899. The van der Waals surface area contributed by atoms with Crippen LogP contribution in [0.25, 0.3) is 0 Å². The van der Waals surface area contributed by atoms with Gasteiger partial charge in [0.1, 0.15) is 5.76 Å². The number of amides is 1. The Morgan fingerprint density at radius 2 is 2.09 bits per heavy atom. The van der Waals surface area contributed by atoms with E-state index in [1.54, 1.807) is 6.92 Å². The Morgan fingerprint density at radius 3 is 2.68 bits per heavy atom. The average molecular weight is 309 g/mol. The van der Waals surface area contributed by atoms with E-state index in [1.807, 2.05) is 0 Å². The van der Waals surface area contributed by atoms with Crippen molar-refractivity contribution in [2.24, 2.45) is 0 Å². The molecule has 1 aromatic rings. The first-order chi connectivity index (χ1) is 10.3. The molecule has 7 heteroatoms. The molecule has 6 nitrogen and oxygen atoms in total. The average Bonchev–Trinajstić information content (AvgIpc) is 3.02. The molecule has 0 radical (unpaired) electrons. The Kier molecular flexibility index (Phi) is 3.30. The fourth-order valence-corrected chi connectivity index (χ4v) is 3.12. The second-order valence-electron chi connectivity index (χ2n) is 5.88. The number of Topliss-reactive ketones (excluding diaryl/α,β-unsaturated/α-hetero) is 1. The lowest BCUT2D eigenvalue weighted by Crippen LogP contribution is -2.39. The molecule has 1 aromatic heterocycles. The Morgan fingerprint density at radius 1 is 1.36 bits per heavy atom. The zero-order valence-corrected chi connectivity index (χ0v) is 12.1. The van der Waals surface area contributed by atoms with Gasteiger partial charge in [-0.25, -0.2) is 9.18 Å². The smallest absolute Gasteiger partial charge is 0.343 e. The molecule has 0 saturated carbocycles. The highest BCUT2D eigenvalue weighted by Gasteiger charge is 2.47. The van der Waals surface area contributed by atoms with E-state index < -0.39 is 24.1 Å². The second-order valence-corrected chi connectivity index (χ2v) is 5.88. The number of fused-ring (bicyclic) bond motifs is 1. The Hall–Kier alpha value is -2.18. The number of nitrogens with zero attached hydrogens (tertiary/aromatic N) is 1. The minimum absolute atomic E-state index is 0.0143. The molecule has 1 N–H and O–H groups in total. The van der Waals surface area contributed by atoms with Crippen LogP contribution in [0.4, 0.5) is 4.39 Å². The van der Waals surface area contributed by atoms with Gasteiger partial charge in [-0.15, -0.1) is 0 Å². The number of carbonyl (C=O) groups excluding carboxylic acids is 2. The molecule has 1 amide bonds. The molecule has 1 saturated heterocycles. The van der Waals surface area contributed by atoms with Crippen molar-refractivity contribution in [3.63, 3.8) is 0 Å². The molecule has 0 aromatic carbocycles. The van der Waals surface area contributed by atoms with Crippen molar-refractivity contribution in [3.05, 3.63) is 22.6 Å². The van der Waals surface area contributed by atoms with Crippen LogP contribution in [-0.4, -0.2) is 46.4 Å². The highest BCUT2D eigenvalue weighted by molar-refractivity contribution is 6.03. The van der Waals surface area contributed by atoms with Crippen molar-refractivity contribution in [3.8, 4) is 0 Å². The van der Waals surface area contributed by atoms with Crippen LogP contribution >= 0.6 is 0 Å². The summed E-state index contributed by atoms with van der Waals surface area (Å²) in [5, 5.41) is 8.88. The second kappa shape index (κ2) is 4.93. The number of ketones is 1. The van der Waals surface area contributed by atoms with Crippen molar-refractivity contribution >= 4 is 17.7 Å². The first kappa shape index (κ1) is 14.7. The fraction of sp³-hybridized carbons (Fsp3) is 0.533. The minimum atomic E-state index is -2.41. The van der Waals surface area contributed by atoms with Gasteiger partial charge in [-0.2, -0.15) is 0 Å². The minimum Gasteiger partial charge on any atom is -0.479 e. The Bertz CT molecular complexity index is 680. The molecular weight excluding hydrogens is 293 g/mol. The van der Waals surface area contributed by atoms with E-state index in [-0.39, 0.29) is 24.5 Å². The summed E-state index contributed by atoms with van der Waals surface area (Å²) in [7, 11) is 0. The van der Waals surface area contributed by atoms with E-state index in [4.69, 9.17) is 9.52 Å². The molecule has 118 valence electrons. The summed E-state index contributed by atoms with van der Waals surface area (Å²) in [6, 6.07) is 0. The first-order valence-corrected chi connectivity index (χ1v) is 7.20. The molecule has 3 rings (SSSR count). The lowest BCUT2D eigenvalue weighted by Gasteiger charge is -2.16. The standard InChI is InChI=1S/C15H16FNO5/c1-8-11-9(18)3-2-4-10(11)22-12(8)13(19)17-6-5-15(16,7-17)14(20)21/h2-7H2,1H3,(H,20,21). The number of aliphatic carboxylic acids is 1. The van der Waals surface area contributed by atoms with Crippen LogP contribution in [0.3, 0.4) is 0 Å². The van der Waals surface area contributed by atoms with Gasteiger partial charge in [-0.3, -0.25) is 9.59 Å². The third kappa shape index (κ3) is 2.12. The molecule has 2 heterocycles. The number of alkyl halides is 1. The molecule has 1 fully saturated rings. The summed E-state index contributed by atoms with van der Waals surface area (Å²) < 4.78 is 19.6. The number of hydrogen-bond donors (Lipinski definition) is 1. The first-order valence-electron chi connectivity index (χ1n) is 7.20. The number of carboxylic acid groups (broad SMARTS) is 1. The van der Waals surface area contributed by atoms with Crippen molar-refractivity contribution in [2.75, 3.05) is 13.1 Å². The highest BCUT2D eigenvalue weighted by atomic mass is 19.1. The largest absolute Gasteiger partial charge is 0.479 e. The maximum atomic E-state index is 14.1. The number of rotatable bonds is 2. The third-order valence-corrected chi connectivity index (χ3v) is 4.39. The number of aryl methyl sites for hydroxylation is 1. The maximum absolute atomic E-state index is 14.1. The van der Waals surface area contributed by atoms with Crippen LogP contribution < -0.4 is 0 Å². The van der Waals surface area contributed by atoms with Crippen LogP contribution in [-0.2, 0) is 11.2 Å². The molecule has 1 aliphatic carbocycles. The summed E-state index contributed by atoms with van der Waals surface area (Å²) in [5.41, 5.74) is -1.49. The molecule has 2 aliphatic rings. The molecule has 1 unspecified atom stereocenters. The van der Waals surface area contributed by atoms with Gasteiger partial charge in [0.25, 0.3) is 5.91 Å². The van der Waals surface area contributed by atoms with Crippen LogP contribution in [0, 0.1) is 6.92 Å². The van der Waals surface area contributed by atoms with E-state index in [1.165, 1.54) is 0 Å². The SMILES string of the molecule is Cc1c(C(=O)N2CCC(F)(C(=O)O)C2)oc2c1C(=O)CCC2. The predicted octanol–water partition coefficient (Wildman–Crippen LogP) is 1.75. The van der Waals surface area contributed by atoms with Crippen molar-refractivity contribution in [1.29, 1.82) is 0 Å². The van der Waals surface area contributed by atoms with Crippen LogP contribution in [0.1, 0.15) is 51.5 Å². The summed E-state index contributed by atoms with van der Waals surface area (Å²) in [6.07, 6.45) is 1.46. The van der Waals surface area contributed by atoms with Gasteiger partial charge < -0.3 is 14.4 Å². The summed E-state index contributed by atoms with van der Waals surface area (Å²) in [5.74, 6) is -1.64. The summed E-state index contributed by atoms with van der Waals surface area (Å²) in [6.45, 7) is 1.15. The van der Waals surface area contributed by atoms with E-state index in [9.17, 15) is 18.8 Å². The number of hydrogen-bond acceptors (Lipinski definition) is 4. The number of furan rings is 1. The number of carboxylic acids is 1. The van der Waals surface area contributed by atoms with Crippen LogP contribution in [0.2, 0.25) is 0 Å². The van der Waals surface area contributed by atoms with Gasteiger partial charge >= 0.3 is 5.97 Å². The van der Waals surface area contributed by atoms with Gasteiger partial charge in [0.05, 0.1) is 12.1 Å².